The first-order valence-electron chi connectivity index (χ1n) is 8.51. The molecule has 2 aliphatic rings. The first kappa shape index (κ1) is 16.0. The Balaban J connectivity index is 1.74. The van der Waals surface area contributed by atoms with E-state index in [2.05, 4.69) is 5.32 Å². The Kier molecular flexibility index (Phi) is 4.66. The largest absolute Gasteiger partial charge is 0.339 e. The average Bonchev–Trinajstić information content (AvgIpc) is 3.20. The number of amides is 2. The van der Waals surface area contributed by atoms with E-state index >= 15 is 0 Å². The predicted molar refractivity (Wildman–Crippen MR) is 90.3 cm³/mol. The molecule has 124 valence electrons. The molecule has 2 unspecified atom stereocenters. The molecule has 1 aliphatic heterocycles. The summed E-state index contributed by atoms with van der Waals surface area (Å²) in [6, 6.07) is 5.68. The van der Waals surface area contributed by atoms with Crippen LogP contribution < -0.4 is 11.1 Å². The molecular formula is C18H25N3O2. The Morgan fingerprint density at radius 1 is 1.22 bits per heavy atom. The summed E-state index contributed by atoms with van der Waals surface area (Å²) in [5.41, 5.74) is 8.16. The first-order valence-corrected chi connectivity index (χ1v) is 8.51. The molecule has 0 aromatic heterocycles. The molecule has 0 spiro atoms. The fraction of sp³-hybridized carbons (Fsp3) is 0.556. The van der Waals surface area contributed by atoms with Crippen molar-refractivity contribution < 1.29 is 9.59 Å². The number of nitrogens with one attached hydrogen (secondary N) is 1. The van der Waals surface area contributed by atoms with Gasteiger partial charge in [-0.25, -0.2) is 0 Å². The van der Waals surface area contributed by atoms with Gasteiger partial charge in [-0.2, -0.15) is 0 Å². The lowest BCUT2D eigenvalue weighted by atomic mass is 10.0. The Bertz CT molecular complexity index is 608. The van der Waals surface area contributed by atoms with Crippen LogP contribution in [0.3, 0.4) is 0 Å². The molecule has 0 bridgehead atoms. The standard InChI is InChI=1S/C18H25N3O2/c1-12-15(18(23)21-9-2-3-10-21)5-4-6-16(12)20-17(22)13-7-8-14(19)11-13/h4-6,13-14H,2-3,7-11,19H2,1H3,(H,20,22). The number of likely N-dealkylation sites (tertiary alicyclic amines) is 1. The van der Waals surface area contributed by atoms with Crippen LogP contribution in [0.2, 0.25) is 0 Å². The predicted octanol–water partition coefficient (Wildman–Crippen LogP) is 2.30. The second kappa shape index (κ2) is 6.71. The lowest BCUT2D eigenvalue weighted by Crippen LogP contribution is -2.29. The van der Waals surface area contributed by atoms with E-state index in [1.54, 1.807) is 0 Å². The minimum absolute atomic E-state index is 0.0117. The van der Waals surface area contributed by atoms with E-state index in [1.165, 1.54) is 0 Å². The van der Waals surface area contributed by atoms with Crippen LogP contribution in [0.25, 0.3) is 0 Å². The van der Waals surface area contributed by atoms with Gasteiger partial charge in [-0.15, -0.1) is 0 Å². The fourth-order valence-corrected chi connectivity index (χ4v) is 3.58. The Morgan fingerprint density at radius 3 is 2.61 bits per heavy atom. The molecule has 0 radical (unpaired) electrons. The van der Waals surface area contributed by atoms with E-state index in [9.17, 15) is 9.59 Å². The number of rotatable bonds is 3. The number of benzene rings is 1. The van der Waals surface area contributed by atoms with Crippen molar-refractivity contribution in [3.8, 4) is 0 Å². The monoisotopic (exact) mass is 315 g/mol. The van der Waals surface area contributed by atoms with Crippen LogP contribution in [-0.2, 0) is 4.79 Å². The highest BCUT2D eigenvalue weighted by atomic mass is 16.2. The molecule has 23 heavy (non-hydrogen) atoms. The van der Waals surface area contributed by atoms with E-state index in [0.29, 0.717) is 5.56 Å². The fourth-order valence-electron chi connectivity index (χ4n) is 3.58. The number of carbonyl (C=O) groups excluding carboxylic acids is 2. The summed E-state index contributed by atoms with van der Waals surface area (Å²) in [5, 5.41) is 2.99. The van der Waals surface area contributed by atoms with Crippen LogP contribution in [0.4, 0.5) is 5.69 Å². The zero-order valence-corrected chi connectivity index (χ0v) is 13.7. The first-order chi connectivity index (χ1) is 11.1. The SMILES string of the molecule is Cc1c(NC(=O)C2CCC(N)C2)cccc1C(=O)N1CCCC1. The highest BCUT2D eigenvalue weighted by molar-refractivity contribution is 6.00. The Hall–Kier alpha value is -1.88. The third-order valence-electron chi connectivity index (χ3n) is 5.06. The van der Waals surface area contributed by atoms with Crippen molar-refractivity contribution in [2.45, 2.75) is 45.1 Å². The van der Waals surface area contributed by atoms with Gasteiger partial charge in [0.2, 0.25) is 5.91 Å². The van der Waals surface area contributed by atoms with Crippen LogP contribution in [0.15, 0.2) is 18.2 Å². The third kappa shape index (κ3) is 3.39. The van der Waals surface area contributed by atoms with Gasteiger partial charge in [-0.3, -0.25) is 9.59 Å². The van der Waals surface area contributed by atoms with Gasteiger partial charge in [-0.1, -0.05) is 6.07 Å². The van der Waals surface area contributed by atoms with Gasteiger partial charge >= 0.3 is 0 Å². The Morgan fingerprint density at radius 2 is 1.96 bits per heavy atom. The summed E-state index contributed by atoms with van der Waals surface area (Å²) in [6.07, 6.45) is 4.65. The number of hydrogen-bond donors (Lipinski definition) is 2. The van der Waals surface area contributed by atoms with E-state index in [4.69, 9.17) is 5.73 Å². The van der Waals surface area contributed by atoms with Crippen molar-refractivity contribution in [3.05, 3.63) is 29.3 Å². The molecule has 5 heteroatoms. The van der Waals surface area contributed by atoms with Gasteiger partial charge in [0.15, 0.2) is 0 Å². The summed E-state index contributed by atoms with van der Waals surface area (Å²) in [5.74, 6) is 0.0770. The minimum Gasteiger partial charge on any atom is -0.339 e. The van der Waals surface area contributed by atoms with Crippen LogP contribution in [-0.4, -0.2) is 35.8 Å². The zero-order chi connectivity index (χ0) is 16.4. The van der Waals surface area contributed by atoms with Gasteiger partial charge < -0.3 is 16.0 Å². The second-order valence-electron chi connectivity index (χ2n) is 6.74. The van der Waals surface area contributed by atoms with Crippen LogP contribution in [0.5, 0.6) is 0 Å². The maximum absolute atomic E-state index is 12.6. The molecule has 1 aliphatic carbocycles. The summed E-state index contributed by atoms with van der Waals surface area (Å²) in [4.78, 5) is 26.9. The van der Waals surface area contributed by atoms with E-state index in [1.807, 2.05) is 30.0 Å². The number of carbonyl (C=O) groups is 2. The van der Waals surface area contributed by atoms with Crippen molar-refractivity contribution in [1.29, 1.82) is 0 Å². The van der Waals surface area contributed by atoms with Crippen molar-refractivity contribution >= 4 is 17.5 Å². The van der Waals surface area contributed by atoms with E-state index < -0.39 is 0 Å². The number of anilines is 1. The highest BCUT2D eigenvalue weighted by Gasteiger charge is 2.28. The molecular weight excluding hydrogens is 290 g/mol. The molecule has 3 rings (SSSR count). The van der Waals surface area contributed by atoms with E-state index in [0.717, 1.165) is 56.4 Å². The van der Waals surface area contributed by atoms with Crippen molar-refractivity contribution in [2.24, 2.45) is 11.7 Å². The topological polar surface area (TPSA) is 75.4 Å². The number of nitrogens with zero attached hydrogens (tertiary/aromatic N) is 1. The summed E-state index contributed by atoms with van der Waals surface area (Å²) >= 11 is 0. The maximum atomic E-state index is 12.6. The highest BCUT2D eigenvalue weighted by Crippen LogP contribution is 2.27. The summed E-state index contributed by atoms with van der Waals surface area (Å²) in [6.45, 7) is 3.56. The van der Waals surface area contributed by atoms with Crippen molar-refractivity contribution in [2.75, 3.05) is 18.4 Å². The van der Waals surface area contributed by atoms with Gasteiger partial charge in [-0.05, 0) is 56.7 Å². The zero-order valence-electron chi connectivity index (χ0n) is 13.7. The Labute approximate surface area is 137 Å². The third-order valence-corrected chi connectivity index (χ3v) is 5.06. The molecule has 1 aromatic rings. The number of nitrogens with two attached hydrogens (primary N) is 1. The lowest BCUT2D eigenvalue weighted by Gasteiger charge is -2.19. The lowest BCUT2D eigenvalue weighted by molar-refractivity contribution is -0.119. The quantitative estimate of drug-likeness (QED) is 0.898. The summed E-state index contributed by atoms with van der Waals surface area (Å²) < 4.78 is 0. The van der Waals surface area contributed by atoms with Gasteiger partial charge in [0, 0.05) is 36.3 Å². The van der Waals surface area contributed by atoms with Crippen LogP contribution in [0, 0.1) is 12.8 Å². The maximum Gasteiger partial charge on any atom is 0.254 e. The molecule has 1 saturated carbocycles. The minimum atomic E-state index is -0.0117. The van der Waals surface area contributed by atoms with Crippen molar-refractivity contribution in [1.82, 2.24) is 4.90 Å². The van der Waals surface area contributed by atoms with Gasteiger partial charge in [0.1, 0.15) is 0 Å². The molecule has 5 nitrogen and oxygen atoms in total. The molecule has 1 heterocycles. The molecule has 1 aromatic carbocycles. The second-order valence-corrected chi connectivity index (χ2v) is 6.74. The average molecular weight is 315 g/mol. The normalized spacial score (nSPS) is 24.0. The van der Waals surface area contributed by atoms with E-state index in [-0.39, 0.29) is 23.8 Å². The molecule has 2 amide bonds. The smallest absolute Gasteiger partial charge is 0.254 e. The number of hydrogen-bond acceptors (Lipinski definition) is 3. The van der Waals surface area contributed by atoms with Crippen molar-refractivity contribution in [3.63, 3.8) is 0 Å². The molecule has 2 fully saturated rings. The molecule has 1 saturated heterocycles. The van der Waals surface area contributed by atoms with Crippen LogP contribution >= 0.6 is 0 Å². The summed E-state index contributed by atoms with van der Waals surface area (Å²) in [7, 11) is 0. The molecule has 2 atom stereocenters. The van der Waals surface area contributed by atoms with Gasteiger partial charge in [0.05, 0.1) is 0 Å². The van der Waals surface area contributed by atoms with Crippen LogP contribution in [0.1, 0.15) is 48.0 Å². The molecule has 3 N–H and O–H groups in total. The van der Waals surface area contributed by atoms with Gasteiger partial charge in [0.25, 0.3) is 5.91 Å².